The first kappa shape index (κ1) is 14.7. The van der Waals surface area contributed by atoms with Gasteiger partial charge in [0.05, 0.1) is 24.3 Å². The van der Waals surface area contributed by atoms with Gasteiger partial charge >= 0.3 is 5.97 Å². The number of ether oxygens (including phenoxy) is 1. The molecule has 0 aliphatic carbocycles. The Hall–Kier alpha value is -2.39. The van der Waals surface area contributed by atoms with Crippen LogP contribution in [0.1, 0.15) is 22.8 Å². The van der Waals surface area contributed by atoms with Crippen molar-refractivity contribution in [1.29, 1.82) is 0 Å². The SMILES string of the molecule is CCOC(=O)CNC(=O)c1ccncc1C#CCN. The Morgan fingerprint density at radius 2 is 2.32 bits per heavy atom. The van der Waals surface area contributed by atoms with Gasteiger partial charge in [-0.1, -0.05) is 11.8 Å². The zero-order chi connectivity index (χ0) is 14.1. The lowest BCUT2D eigenvalue weighted by Crippen LogP contribution is -2.31. The third-order valence-corrected chi connectivity index (χ3v) is 2.09. The van der Waals surface area contributed by atoms with Crippen LogP contribution < -0.4 is 11.1 Å². The van der Waals surface area contributed by atoms with E-state index in [-0.39, 0.29) is 19.7 Å². The number of nitrogens with one attached hydrogen (secondary N) is 1. The van der Waals surface area contributed by atoms with E-state index < -0.39 is 11.9 Å². The maximum atomic E-state index is 11.9. The van der Waals surface area contributed by atoms with Gasteiger partial charge in [-0.15, -0.1) is 0 Å². The zero-order valence-electron chi connectivity index (χ0n) is 10.6. The van der Waals surface area contributed by atoms with E-state index >= 15 is 0 Å². The highest BCUT2D eigenvalue weighted by Crippen LogP contribution is 2.04. The minimum absolute atomic E-state index is 0.182. The molecule has 1 heterocycles. The quantitative estimate of drug-likeness (QED) is 0.572. The van der Waals surface area contributed by atoms with Gasteiger partial charge in [0.15, 0.2) is 0 Å². The summed E-state index contributed by atoms with van der Waals surface area (Å²) in [4.78, 5) is 26.9. The van der Waals surface area contributed by atoms with Crippen molar-refractivity contribution in [2.24, 2.45) is 5.73 Å². The molecule has 0 saturated heterocycles. The number of carbonyl (C=O) groups is 2. The first-order valence-corrected chi connectivity index (χ1v) is 5.75. The summed E-state index contributed by atoms with van der Waals surface area (Å²) in [5, 5.41) is 2.46. The molecule has 0 spiro atoms. The second-order valence-electron chi connectivity index (χ2n) is 3.41. The highest BCUT2D eigenvalue weighted by molar-refractivity contribution is 5.98. The molecule has 6 heteroatoms. The van der Waals surface area contributed by atoms with Crippen molar-refractivity contribution in [2.75, 3.05) is 19.7 Å². The minimum atomic E-state index is -0.487. The van der Waals surface area contributed by atoms with E-state index in [9.17, 15) is 9.59 Å². The fourth-order valence-corrected chi connectivity index (χ4v) is 1.30. The first-order valence-electron chi connectivity index (χ1n) is 5.75. The van der Waals surface area contributed by atoms with Gasteiger partial charge < -0.3 is 15.8 Å². The molecule has 3 N–H and O–H groups in total. The summed E-state index contributed by atoms with van der Waals surface area (Å²) in [7, 11) is 0. The number of carbonyl (C=O) groups excluding carboxylic acids is 2. The second-order valence-corrected chi connectivity index (χ2v) is 3.41. The highest BCUT2D eigenvalue weighted by atomic mass is 16.5. The van der Waals surface area contributed by atoms with Crippen LogP contribution in [0.5, 0.6) is 0 Å². The van der Waals surface area contributed by atoms with Gasteiger partial charge in [0.1, 0.15) is 6.54 Å². The molecule has 19 heavy (non-hydrogen) atoms. The Labute approximate surface area is 111 Å². The van der Waals surface area contributed by atoms with Crippen LogP contribution in [0.2, 0.25) is 0 Å². The van der Waals surface area contributed by atoms with E-state index in [2.05, 4.69) is 22.1 Å². The molecule has 1 rings (SSSR count). The molecule has 1 aromatic heterocycles. The molecule has 0 atom stereocenters. The normalized spacial score (nSPS) is 9.16. The maximum absolute atomic E-state index is 11.9. The minimum Gasteiger partial charge on any atom is -0.465 e. The Bertz CT molecular complexity index is 517. The number of nitrogens with zero attached hydrogens (tertiary/aromatic N) is 1. The summed E-state index contributed by atoms with van der Waals surface area (Å²) >= 11 is 0. The molecule has 0 unspecified atom stereocenters. The topological polar surface area (TPSA) is 94.3 Å². The van der Waals surface area contributed by atoms with Gasteiger partial charge in [-0.3, -0.25) is 14.6 Å². The fraction of sp³-hybridized carbons (Fsp3) is 0.308. The third kappa shape index (κ3) is 4.77. The Kier molecular flexibility index (Phi) is 6.06. The molecule has 0 aliphatic rings. The molecule has 0 aliphatic heterocycles. The molecule has 0 aromatic carbocycles. The summed E-state index contributed by atoms with van der Waals surface area (Å²) in [6.45, 7) is 1.98. The third-order valence-electron chi connectivity index (χ3n) is 2.09. The van der Waals surface area contributed by atoms with Crippen LogP contribution >= 0.6 is 0 Å². The number of esters is 1. The predicted octanol–water partition coefficient (Wildman–Crippen LogP) is -0.315. The lowest BCUT2D eigenvalue weighted by atomic mass is 10.1. The molecule has 0 saturated carbocycles. The van der Waals surface area contributed by atoms with Crippen LogP contribution in [0.15, 0.2) is 18.5 Å². The van der Waals surface area contributed by atoms with Gasteiger partial charge in [-0.05, 0) is 13.0 Å². The standard InChI is InChI=1S/C13H15N3O3/c1-2-19-12(17)9-16-13(18)11-5-7-15-8-10(11)4-3-6-14/h5,7-8H,2,6,9,14H2,1H3,(H,16,18). The molecule has 0 fully saturated rings. The number of pyridine rings is 1. The van der Waals surface area contributed by atoms with Crippen molar-refractivity contribution in [3.05, 3.63) is 29.6 Å². The predicted molar refractivity (Wildman–Crippen MR) is 69.1 cm³/mol. The van der Waals surface area contributed by atoms with Crippen molar-refractivity contribution in [2.45, 2.75) is 6.92 Å². The van der Waals surface area contributed by atoms with Gasteiger partial charge in [0, 0.05) is 12.4 Å². The monoisotopic (exact) mass is 261 g/mol. The molecular weight excluding hydrogens is 246 g/mol. The summed E-state index contributed by atoms with van der Waals surface area (Å²) in [6.07, 6.45) is 2.95. The van der Waals surface area contributed by atoms with E-state index in [4.69, 9.17) is 10.5 Å². The van der Waals surface area contributed by atoms with E-state index in [0.717, 1.165) is 0 Å². The van der Waals surface area contributed by atoms with Gasteiger partial charge in [-0.25, -0.2) is 0 Å². The van der Waals surface area contributed by atoms with Crippen LogP contribution in [0.4, 0.5) is 0 Å². The fourth-order valence-electron chi connectivity index (χ4n) is 1.30. The molecule has 1 aromatic rings. The molecule has 6 nitrogen and oxygen atoms in total. The van der Waals surface area contributed by atoms with Crippen LogP contribution in [0.25, 0.3) is 0 Å². The number of nitrogens with two attached hydrogens (primary N) is 1. The Morgan fingerprint density at radius 1 is 1.53 bits per heavy atom. The lowest BCUT2D eigenvalue weighted by molar-refractivity contribution is -0.141. The van der Waals surface area contributed by atoms with Crippen LogP contribution in [-0.2, 0) is 9.53 Å². The van der Waals surface area contributed by atoms with Gasteiger partial charge in [-0.2, -0.15) is 0 Å². The van der Waals surface area contributed by atoms with Gasteiger partial charge in [0.2, 0.25) is 0 Å². The maximum Gasteiger partial charge on any atom is 0.325 e. The second kappa shape index (κ2) is 7.84. The number of hydrogen-bond donors (Lipinski definition) is 2. The zero-order valence-corrected chi connectivity index (χ0v) is 10.6. The van der Waals surface area contributed by atoms with E-state index in [1.165, 1.54) is 18.5 Å². The molecule has 100 valence electrons. The van der Waals surface area contributed by atoms with E-state index in [0.29, 0.717) is 11.1 Å². The number of amides is 1. The summed E-state index contributed by atoms with van der Waals surface area (Å²) < 4.78 is 4.71. The molecule has 0 bridgehead atoms. The molecule has 1 amide bonds. The van der Waals surface area contributed by atoms with Crippen molar-refractivity contribution in [3.63, 3.8) is 0 Å². The number of aromatic nitrogens is 1. The number of hydrogen-bond acceptors (Lipinski definition) is 5. The molecule has 0 radical (unpaired) electrons. The smallest absolute Gasteiger partial charge is 0.325 e. The van der Waals surface area contributed by atoms with E-state index in [1.807, 2.05) is 0 Å². The van der Waals surface area contributed by atoms with E-state index in [1.54, 1.807) is 6.92 Å². The summed E-state index contributed by atoms with van der Waals surface area (Å²) in [5.74, 6) is 4.51. The molecular formula is C13H15N3O3. The lowest BCUT2D eigenvalue weighted by Gasteiger charge is -2.06. The van der Waals surface area contributed by atoms with Crippen LogP contribution in [0, 0.1) is 11.8 Å². The van der Waals surface area contributed by atoms with Crippen molar-refractivity contribution in [3.8, 4) is 11.8 Å². The van der Waals surface area contributed by atoms with Crippen LogP contribution in [-0.4, -0.2) is 36.6 Å². The average Bonchev–Trinajstić information content (AvgIpc) is 2.43. The average molecular weight is 261 g/mol. The van der Waals surface area contributed by atoms with Crippen molar-refractivity contribution >= 4 is 11.9 Å². The Balaban J connectivity index is 2.74. The largest absolute Gasteiger partial charge is 0.465 e. The van der Waals surface area contributed by atoms with Crippen molar-refractivity contribution in [1.82, 2.24) is 10.3 Å². The van der Waals surface area contributed by atoms with Gasteiger partial charge in [0.25, 0.3) is 5.91 Å². The summed E-state index contributed by atoms with van der Waals surface area (Å²) in [5.41, 5.74) is 6.09. The first-order chi connectivity index (χ1) is 9.19. The number of rotatable bonds is 4. The van der Waals surface area contributed by atoms with Crippen LogP contribution in [0.3, 0.4) is 0 Å². The van der Waals surface area contributed by atoms with Crippen molar-refractivity contribution < 1.29 is 14.3 Å². The summed E-state index contributed by atoms with van der Waals surface area (Å²) in [6, 6.07) is 1.53. The highest BCUT2D eigenvalue weighted by Gasteiger charge is 2.11. The Morgan fingerprint density at radius 3 is 3.00 bits per heavy atom.